The molecule has 0 amide bonds. The molecule has 9 rings (SSSR count). The van der Waals surface area contributed by atoms with Crippen LogP contribution in [0.3, 0.4) is 0 Å². The minimum Gasteiger partial charge on any atom is -0.657 e. The van der Waals surface area contributed by atoms with Crippen LogP contribution in [-0.2, 0) is 21.1 Å². The van der Waals surface area contributed by atoms with Crippen molar-refractivity contribution in [2.75, 3.05) is 33.6 Å². The van der Waals surface area contributed by atoms with Crippen molar-refractivity contribution in [2.45, 2.75) is 20.8 Å². The average Bonchev–Trinajstić information content (AvgIpc) is 3.86. The molecule has 0 atom stereocenters. The first-order valence-electron chi connectivity index (χ1n) is 19.0. The standard InChI is InChI=1S/C29H27N6.C13H7N2.Pt/c1-19-12-20(2)27(21(3)13-19)22-14-23(34-17-32(4)25-8-6-10-30-28(25)34)16-24(15-22)35-18-33(5)26-9-7-11-31-29(26)35;14-8-9-5-6-13-11(7-9)10-3-1-2-4-12(10)15-13;/h6-15,17-18H,1-5H3;1-7H;/q-3;-1;+4/i4D3,5D3;;. The van der Waals surface area contributed by atoms with Crippen molar-refractivity contribution >= 4 is 56.2 Å². The third-order valence-corrected chi connectivity index (χ3v) is 8.86. The second-order valence-corrected chi connectivity index (χ2v) is 12.3. The van der Waals surface area contributed by atoms with Gasteiger partial charge in [0.15, 0.2) is 0 Å². The first-order chi connectivity index (χ1) is 26.7. The molecule has 0 N–H and O–H groups in total. The number of hydrogen-bond donors (Lipinski definition) is 0. The van der Waals surface area contributed by atoms with Gasteiger partial charge in [-0.05, 0) is 98.6 Å². The zero-order valence-electron chi connectivity index (χ0n) is 33.9. The van der Waals surface area contributed by atoms with Gasteiger partial charge in [-0.15, -0.1) is 46.2 Å². The van der Waals surface area contributed by atoms with Crippen LogP contribution in [0.5, 0.6) is 0 Å². The summed E-state index contributed by atoms with van der Waals surface area (Å²) in [5.41, 5.74) is 9.78. The Morgan fingerprint density at radius 1 is 0.725 bits per heavy atom. The molecule has 8 nitrogen and oxygen atoms in total. The summed E-state index contributed by atoms with van der Waals surface area (Å²) in [6.45, 7) is 4.31. The molecular formula is C42H34N8Pt. The second-order valence-electron chi connectivity index (χ2n) is 12.3. The Morgan fingerprint density at radius 2 is 1.31 bits per heavy atom. The Bertz CT molecular complexity index is 2570. The first kappa shape index (κ1) is 27.1. The predicted molar refractivity (Wildman–Crippen MR) is 203 cm³/mol. The van der Waals surface area contributed by atoms with E-state index >= 15 is 0 Å². The Hall–Kier alpha value is -5.64. The van der Waals surface area contributed by atoms with Crippen molar-refractivity contribution in [3.63, 3.8) is 0 Å². The van der Waals surface area contributed by atoms with Crippen LogP contribution in [-0.4, -0.2) is 23.9 Å². The summed E-state index contributed by atoms with van der Waals surface area (Å²) in [5, 5.41) is 11.0. The predicted octanol–water partition coefficient (Wildman–Crippen LogP) is 9.10. The molecule has 0 spiro atoms. The number of rotatable bonds is 3. The number of anilines is 6. The van der Waals surface area contributed by atoms with Gasteiger partial charge in [-0.3, -0.25) is 0 Å². The summed E-state index contributed by atoms with van der Waals surface area (Å²) >= 11 is 0. The number of pyridine rings is 2. The summed E-state index contributed by atoms with van der Waals surface area (Å²) < 4.78 is 48.5. The van der Waals surface area contributed by atoms with Gasteiger partial charge < -0.3 is 24.6 Å². The largest absolute Gasteiger partial charge is 4.00 e. The quantitative estimate of drug-likeness (QED) is 0.163. The maximum Gasteiger partial charge on any atom is 4.00 e. The monoisotopic (exact) mass is 851 g/mol. The van der Waals surface area contributed by atoms with Gasteiger partial charge in [0, 0.05) is 32.0 Å². The molecule has 2 aliphatic heterocycles. The topological polar surface area (TPSA) is 76.6 Å². The maximum absolute atomic E-state index is 8.84. The molecule has 0 unspecified atom stereocenters. The molecule has 5 heterocycles. The zero-order chi connectivity index (χ0) is 39.5. The van der Waals surface area contributed by atoms with Gasteiger partial charge in [-0.25, -0.2) is 9.97 Å². The number of nitriles is 1. The number of para-hydroxylation sites is 1. The number of fused-ring (bicyclic) bond motifs is 5. The van der Waals surface area contributed by atoms with E-state index in [1.165, 1.54) is 23.1 Å². The first-order valence-corrected chi connectivity index (χ1v) is 16.0. The second kappa shape index (κ2) is 13.6. The Morgan fingerprint density at radius 3 is 1.90 bits per heavy atom. The molecule has 51 heavy (non-hydrogen) atoms. The summed E-state index contributed by atoms with van der Waals surface area (Å²) in [6, 6.07) is 34.1. The molecule has 7 aromatic rings. The number of aromatic nitrogens is 3. The number of aryl methyl sites for hydroxylation is 3. The van der Waals surface area contributed by atoms with E-state index in [1.807, 2.05) is 48.5 Å². The fraction of sp³-hybridized carbons (Fsp3) is 0.119. The minimum absolute atomic E-state index is 0. The van der Waals surface area contributed by atoms with Gasteiger partial charge in [0.1, 0.15) is 11.6 Å². The average molecular weight is 852 g/mol. The van der Waals surface area contributed by atoms with E-state index in [0.717, 1.165) is 49.6 Å². The zero-order valence-corrected chi connectivity index (χ0v) is 30.1. The molecule has 0 aliphatic carbocycles. The van der Waals surface area contributed by atoms with Crippen LogP contribution in [0, 0.1) is 51.5 Å². The molecule has 0 saturated carbocycles. The van der Waals surface area contributed by atoms with E-state index < -0.39 is 14.0 Å². The molecule has 0 radical (unpaired) electrons. The molecule has 4 aromatic carbocycles. The van der Waals surface area contributed by atoms with Gasteiger partial charge in [-0.2, -0.15) is 18.6 Å². The van der Waals surface area contributed by atoms with Gasteiger partial charge in [0.05, 0.1) is 11.6 Å². The van der Waals surface area contributed by atoms with E-state index in [9.17, 15) is 0 Å². The summed E-state index contributed by atoms with van der Waals surface area (Å²) in [7, 11) is 0. The Labute approximate surface area is 321 Å². The number of nitrogens with zero attached hydrogens (tertiary/aromatic N) is 8. The summed E-state index contributed by atoms with van der Waals surface area (Å²) in [4.78, 5) is 19.3. The van der Waals surface area contributed by atoms with Crippen LogP contribution in [0.1, 0.15) is 30.5 Å². The van der Waals surface area contributed by atoms with Gasteiger partial charge in [-0.1, -0.05) is 48.0 Å². The molecule has 9 heteroatoms. The Kier molecular flexibility index (Phi) is 7.22. The normalized spacial score (nSPS) is 15.3. The molecular weight excluding hydrogens is 812 g/mol. The fourth-order valence-electron chi connectivity index (χ4n) is 6.77. The molecule has 0 bridgehead atoms. The van der Waals surface area contributed by atoms with Crippen LogP contribution >= 0.6 is 0 Å². The minimum atomic E-state index is -2.43. The van der Waals surface area contributed by atoms with Gasteiger partial charge in [0.25, 0.3) is 0 Å². The number of benzene rings is 4. The van der Waals surface area contributed by atoms with Gasteiger partial charge >= 0.3 is 21.1 Å². The SMILES string of the molecule is N#Cc1ccc2[n-]c3ccccc3c2c1.[2H]C([2H])([2H])N1[CH-]N(c2[c-]c(N3[CH-]N(C([2H])([2H])[2H])c4cccnc43)cc(-c3c(C)cc(C)cc3C)c2)c2ncccc21.[Pt+4]. The van der Waals surface area contributed by atoms with Crippen LogP contribution in [0.2, 0.25) is 0 Å². The molecule has 252 valence electrons. The molecule has 0 saturated heterocycles. The van der Waals surface area contributed by atoms with Crippen molar-refractivity contribution in [3.8, 4) is 17.2 Å². The van der Waals surface area contributed by atoms with E-state index in [0.29, 0.717) is 39.9 Å². The van der Waals surface area contributed by atoms with Crippen molar-refractivity contribution < 1.29 is 29.3 Å². The fourth-order valence-corrected chi connectivity index (χ4v) is 6.77. The van der Waals surface area contributed by atoms with Crippen LogP contribution in [0.25, 0.3) is 32.9 Å². The third kappa shape index (κ3) is 6.09. The van der Waals surface area contributed by atoms with E-state index in [4.69, 9.17) is 13.5 Å². The van der Waals surface area contributed by atoms with Crippen molar-refractivity contribution in [1.82, 2.24) is 15.0 Å². The summed E-state index contributed by atoms with van der Waals surface area (Å²) in [5.74, 6) is 0.904. The van der Waals surface area contributed by atoms with Crippen LogP contribution in [0.15, 0.2) is 103 Å². The van der Waals surface area contributed by atoms with Crippen molar-refractivity contribution in [3.05, 3.63) is 145 Å². The van der Waals surface area contributed by atoms with Crippen molar-refractivity contribution in [1.29, 1.82) is 5.26 Å². The van der Waals surface area contributed by atoms with Gasteiger partial charge in [0.2, 0.25) is 0 Å². The molecule has 0 fully saturated rings. The Balaban J connectivity index is 0.000000258. The van der Waals surface area contributed by atoms with Crippen LogP contribution in [0.4, 0.5) is 34.4 Å². The number of hydrogen-bond acceptors (Lipinski definition) is 7. The van der Waals surface area contributed by atoms with E-state index in [2.05, 4.69) is 60.0 Å². The van der Waals surface area contributed by atoms with E-state index in [1.54, 1.807) is 52.5 Å². The van der Waals surface area contributed by atoms with Crippen LogP contribution < -0.4 is 24.6 Å². The van der Waals surface area contributed by atoms with Crippen molar-refractivity contribution in [2.24, 2.45) is 0 Å². The van der Waals surface area contributed by atoms with E-state index in [-0.39, 0.29) is 21.1 Å². The summed E-state index contributed by atoms with van der Waals surface area (Å²) in [6.07, 6.45) is 3.23. The molecule has 2 aliphatic rings. The molecule has 3 aromatic heterocycles. The smallest absolute Gasteiger partial charge is 0.657 e. The third-order valence-electron chi connectivity index (χ3n) is 8.86. The maximum atomic E-state index is 8.84.